The molecule has 2 heterocycles. The molecule has 0 bridgehead atoms. The van der Waals surface area contributed by atoms with Crippen LogP contribution in [-0.2, 0) is 33.3 Å². The van der Waals surface area contributed by atoms with E-state index in [0.717, 1.165) is 36.4 Å². The second-order valence-corrected chi connectivity index (χ2v) is 11.1. The van der Waals surface area contributed by atoms with Crippen molar-refractivity contribution in [3.05, 3.63) is 142 Å². The van der Waals surface area contributed by atoms with Crippen LogP contribution in [0.1, 0.15) is 41.2 Å². The number of amides is 3. The van der Waals surface area contributed by atoms with Crippen LogP contribution in [0.3, 0.4) is 0 Å². The highest BCUT2D eigenvalue weighted by molar-refractivity contribution is 6.36. The maximum atomic E-state index is 14.5. The van der Waals surface area contributed by atoms with Gasteiger partial charge in [0.05, 0.1) is 40.2 Å². The summed E-state index contributed by atoms with van der Waals surface area (Å²) in [5.41, 5.74) is -0.355. The van der Waals surface area contributed by atoms with E-state index < -0.39 is 35.3 Å². The number of alkyl halides is 6. The topological polar surface area (TPSA) is 69.7 Å². The first-order valence-electron chi connectivity index (χ1n) is 14.7. The van der Waals surface area contributed by atoms with E-state index in [0.29, 0.717) is 11.3 Å². The lowest BCUT2D eigenvalue weighted by Gasteiger charge is -2.26. The summed E-state index contributed by atoms with van der Waals surface area (Å²) in [5.74, 6) is -1.61. The minimum atomic E-state index is -4.64. The normalized spacial score (nSPS) is 15.1. The first-order valence-corrected chi connectivity index (χ1v) is 14.7. The van der Waals surface area contributed by atoms with Crippen LogP contribution < -0.4 is 10.2 Å². The Morgan fingerprint density at radius 1 is 0.646 bits per heavy atom. The Morgan fingerprint density at radius 3 is 1.65 bits per heavy atom. The predicted molar refractivity (Wildman–Crippen MR) is 167 cm³/mol. The molecule has 12 heteroatoms. The summed E-state index contributed by atoms with van der Waals surface area (Å²) >= 11 is 0. The van der Waals surface area contributed by atoms with Gasteiger partial charge in [0.2, 0.25) is 5.91 Å². The Balaban J connectivity index is 1.57. The number of hydrogen-bond acceptors (Lipinski definition) is 3. The molecule has 3 amide bonds. The summed E-state index contributed by atoms with van der Waals surface area (Å²) in [6, 6.07) is 22.9. The average Bonchev–Trinajstić information content (AvgIpc) is 3.51. The van der Waals surface area contributed by atoms with Gasteiger partial charge in [0.1, 0.15) is 0 Å². The predicted octanol–water partition coefficient (Wildman–Crippen LogP) is 8.28. The van der Waals surface area contributed by atoms with Crippen LogP contribution in [0.15, 0.2) is 114 Å². The molecule has 48 heavy (non-hydrogen) atoms. The smallest absolute Gasteiger partial charge is 0.326 e. The SMILES string of the molecule is CCC(=O)Nc1ccc(N2C(=O)C3=C(c4ccc(C(F)(F)F)cc4)N(Cc4ccccc4)C(=O)C3=C2c2ccc(C(F)(F)F)cc2)cc1. The molecule has 0 aliphatic carbocycles. The van der Waals surface area contributed by atoms with Crippen molar-refractivity contribution in [2.75, 3.05) is 10.2 Å². The van der Waals surface area contributed by atoms with Gasteiger partial charge < -0.3 is 10.2 Å². The van der Waals surface area contributed by atoms with Gasteiger partial charge in [-0.15, -0.1) is 0 Å². The van der Waals surface area contributed by atoms with Gasteiger partial charge in [0, 0.05) is 17.8 Å². The van der Waals surface area contributed by atoms with Crippen LogP contribution >= 0.6 is 0 Å². The number of nitrogens with one attached hydrogen (secondary N) is 1. The molecule has 6 nitrogen and oxygen atoms in total. The minimum Gasteiger partial charge on any atom is -0.326 e. The second kappa shape index (κ2) is 12.2. The summed E-state index contributed by atoms with van der Waals surface area (Å²) in [7, 11) is 0. The van der Waals surface area contributed by atoms with Crippen molar-refractivity contribution < 1.29 is 40.7 Å². The zero-order valence-corrected chi connectivity index (χ0v) is 25.1. The van der Waals surface area contributed by atoms with E-state index in [1.807, 2.05) is 0 Å². The van der Waals surface area contributed by atoms with Crippen LogP contribution in [0.25, 0.3) is 11.4 Å². The third-order valence-electron chi connectivity index (χ3n) is 7.98. The lowest BCUT2D eigenvalue weighted by Crippen LogP contribution is -2.29. The highest BCUT2D eigenvalue weighted by Gasteiger charge is 2.49. The number of carbonyl (C=O) groups is 3. The summed E-state index contributed by atoms with van der Waals surface area (Å²) in [4.78, 5) is 43.3. The Morgan fingerprint density at radius 2 is 1.15 bits per heavy atom. The molecule has 0 saturated carbocycles. The molecule has 0 spiro atoms. The number of fused-ring (bicyclic) bond motifs is 1. The summed E-state index contributed by atoms with van der Waals surface area (Å²) in [5, 5.41) is 2.69. The molecule has 0 unspecified atom stereocenters. The minimum absolute atomic E-state index is 0.0130. The molecule has 2 aliphatic rings. The standard InChI is InChI=1S/C36H25F6N3O3/c1-2-28(46)43-26-16-18-27(19-17-26)45-32(23-10-14-25(15-11-23)36(40,41)42)30-29(34(45)48)31(22-8-12-24(13-9-22)35(37,38)39)44(33(30)47)20-21-6-4-3-5-7-21/h3-19H,2,20H2,1H3,(H,43,46). The van der Waals surface area contributed by atoms with Crippen molar-refractivity contribution in [2.45, 2.75) is 32.2 Å². The lowest BCUT2D eigenvalue weighted by molar-refractivity contribution is -0.138. The van der Waals surface area contributed by atoms with Crippen LogP contribution in [0.4, 0.5) is 37.7 Å². The lowest BCUT2D eigenvalue weighted by atomic mass is 10.0. The van der Waals surface area contributed by atoms with Crippen molar-refractivity contribution >= 4 is 40.5 Å². The van der Waals surface area contributed by atoms with Gasteiger partial charge in [-0.2, -0.15) is 26.3 Å². The Labute approximate surface area is 270 Å². The van der Waals surface area contributed by atoms with Crippen LogP contribution in [-0.4, -0.2) is 22.6 Å². The van der Waals surface area contributed by atoms with E-state index in [2.05, 4.69) is 5.32 Å². The number of hydrogen-bond donors (Lipinski definition) is 1. The Kier molecular flexibility index (Phi) is 8.19. The van der Waals surface area contributed by atoms with Gasteiger partial charge >= 0.3 is 12.4 Å². The number of nitrogens with zero attached hydrogens (tertiary/aromatic N) is 2. The number of rotatable bonds is 7. The average molecular weight is 662 g/mol. The van der Waals surface area contributed by atoms with Crippen molar-refractivity contribution in [2.24, 2.45) is 0 Å². The van der Waals surface area contributed by atoms with Crippen LogP contribution in [0, 0.1) is 0 Å². The Bertz CT molecular complexity index is 1960. The Hall–Kier alpha value is -5.65. The molecular formula is C36H25F6N3O3. The quantitative estimate of drug-likeness (QED) is 0.203. The first kappa shape index (κ1) is 32.3. The van der Waals surface area contributed by atoms with Gasteiger partial charge in [0.15, 0.2) is 0 Å². The third kappa shape index (κ3) is 5.96. The van der Waals surface area contributed by atoms with Gasteiger partial charge in [-0.25, -0.2) is 0 Å². The van der Waals surface area contributed by atoms with Gasteiger partial charge in [-0.1, -0.05) is 61.5 Å². The van der Waals surface area contributed by atoms with Crippen molar-refractivity contribution in [1.82, 2.24) is 4.90 Å². The summed E-state index contributed by atoms with van der Waals surface area (Å²) in [6.45, 7) is 1.64. The number of carbonyl (C=O) groups excluding carboxylic acids is 3. The van der Waals surface area contributed by atoms with E-state index in [4.69, 9.17) is 0 Å². The van der Waals surface area contributed by atoms with E-state index in [-0.39, 0.29) is 58.2 Å². The molecule has 0 aromatic heterocycles. The molecule has 244 valence electrons. The molecule has 1 N–H and O–H groups in total. The zero-order valence-electron chi connectivity index (χ0n) is 25.1. The first-order chi connectivity index (χ1) is 22.8. The molecule has 0 atom stereocenters. The van der Waals surface area contributed by atoms with E-state index in [1.54, 1.807) is 37.3 Å². The van der Waals surface area contributed by atoms with Crippen molar-refractivity contribution in [3.63, 3.8) is 0 Å². The third-order valence-corrected chi connectivity index (χ3v) is 7.98. The highest BCUT2D eigenvalue weighted by atomic mass is 19.4. The van der Waals surface area contributed by atoms with Crippen molar-refractivity contribution in [1.29, 1.82) is 0 Å². The fraction of sp³-hybridized carbons (Fsp3) is 0.139. The van der Waals surface area contributed by atoms with E-state index in [9.17, 15) is 40.7 Å². The molecule has 0 radical (unpaired) electrons. The second-order valence-electron chi connectivity index (χ2n) is 11.1. The maximum absolute atomic E-state index is 14.5. The maximum Gasteiger partial charge on any atom is 0.416 e. The van der Waals surface area contributed by atoms with E-state index in [1.165, 1.54) is 46.2 Å². The monoisotopic (exact) mass is 661 g/mol. The van der Waals surface area contributed by atoms with Crippen LogP contribution in [0.2, 0.25) is 0 Å². The number of benzene rings is 4. The summed E-state index contributed by atoms with van der Waals surface area (Å²) < 4.78 is 80.8. The molecule has 4 aromatic carbocycles. The molecule has 6 rings (SSSR count). The molecule has 0 fully saturated rings. The molecule has 4 aromatic rings. The number of anilines is 2. The highest BCUT2D eigenvalue weighted by Crippen LogP contribution is 2.49. The fourth-order valence-electron chi connectivity index (χ4n) is 5.66. The largest absolute Gasteiger partial charge is 0.416 e. The van der Waals surface area contributed by atoms with Crippen molar-refractivity contribution in [3.8, 4) is 0 Å². The molecule has 0 saturated heterocycles. The van der Waals surface area contributed by atoms with Gasteiger partial charge in [0.25, 0.3) is 11.8 Å². The molecular weight excluding hydrogens is 636 g/mol. The summed E-state index contributed by atoms with van der Waals surface area (Å²) in [6.07, 6.45) is -9.05. The number of halogens is 6. The zero-order chi connectivity index (χ0) is 34.4. The molecule has 2 aliphatic heterocycles. The van der Waals surface area contributed by atoms with Gasteiger partial charge in [-0.3, -0.25) is 19.3 Å². The van der Waals surface area contributed by atoms with Gasteiger partial charge in [-0.05, 0) is 65.2 Å². The van der Waals surface area contributed by atoms with Crippen LogP contribution in [0.5, 0.6) is 0 Å². The fourth-order valence-corrected chi connectivity index (χ4v) is 5.66. The van der Waals surface area contributed by atoms with E-state index >= 15 is 0 Å².